The van der Waals surface area contributed by atoms with Gasteiger partial charge in [0.15, 0.2) is 0 Å². The maximum Gasteiger partial charge on any atom is 0.335 e. The number of carboxylic acids is 1. The van der Waals surface area contributed by atoms with Gasteiger partial charge in [-0.3, -0.25) is 0 Å². The molecule has 0 aliphatic heterocycles. The molecular weight excluding hydrogens is 268 g/mol. The van der Waals surface area contributed by atoms with Gasteiger partial charge in [-0.05, 0) is 37.8 Å². The number of carboxylic acid groups (broad SMARTS) is 1. The van der Waals surface area contributed by atoms with Crippen molar-refractivity contribution in [2.24, 2.45) is 0 Å². The number of hydrogen-bond acceptors (Lipinski definition) is 4. The second kappa shape index (κ2) is 6.21. The van der Waals surface area contributed by atoms with Gasteiger partial charge in [0.25, 0.3) is 0 Å². The van der Waals surface area contributed by atoms with Gasteiger partial charge >= 0.3 is 5.97 Å². The zero-order valence-electron chi connectivity index (χ0n) is 10.5. The summed E-state index contributed by atoms with van der Waals surface area (Å²) in [6.45, 7) is 0.767. The first-order valence-electron chi connectivity index (χ1n) is 6.40. The van der Waals surface area contributed by atoms with E-state index < -0.39 is 5.97 Å². The number of aliphatic hydroxyl groups excluding tert-OH is 1. The Balaban J connectivity index is 2.26. The summed E-state index contributed by atoms with van der Waals surface area (Å²) in [5.74, 6) is -0.427. The molecule has 2 N–H and O–H groups in total. The van der Waals surface area contributed by atoms with Gasteiger partial charge in [0.05, 0.1) is 5.56 Å². The third-order valence-electron chi connectivity index (χ3n) is 3.39. The number of hydrogen-bond donors (Lipinski definition) is 2. The molecule has 1 saturated carbocycles. The van der Waals surface area contributed by atoms with Crippen LogP contribution in [0.5, 0.6) is 0 Å². The van der Waals surface area contributed by atoms with Crippen molar-refractivity contribution in [2.45, 2.75) is 31.7 Å². The Morgan fingerprint density at radius 3 is 2.74 bits per heavy atom. The number of aromatic nitrogens is 1. The van der Waals surface area contributed by atoms with Gasteiger partial charge in [-0.2, -0.15) is 0 Å². The van der Waals surface area contributed by atoms with E-state index in [9.17, 15) is 4.79 Å². The van der Waals surface area contributed by atoms with Crippen LogP contribution in [-0.2, 0) is 0 Å². The average Bonchev–Trinajstić information content (AvgIpc) is 2.31. The number of nitrogens with zero attached hydrogens (tertiary/aromatic N) is 2. The van der Waals surface area contributed by atoms with Crippen LogP contribution in [0.15, 0.2) is 12.1 Å². The molecule has 1 aromatic heterocycles. The van der Waals surface area contributed by atoms with E-state index in [1.807, 2.05) is 0 Å². The van der Waals surface area contributed by atoms with E-state index in [4.69, 9.17) is 21.8 Å². The molecule has 0 atom stereocenters. The monoisotopic (exact) mass is 284 g/mol. The number of rotatable bonds is 6. The topological polar surface area (TPSA) is 73.7 Å². The summed E-state index contributed by atoms with van der Waals surface area (Å²) in [6, 6.07) is 3.27. The minimum absolute atomic E-state index is 0.107. The SMILES string of the molecule is O=C(O)c1cc(Cl)nc(N(CCCO)C2CCC2)c1. The van der Waals surface area contributed by atoms with E-state index in [0.717, 1.165) is 12.8 Å². The van der Waals surface area contributed by atoms with Gasteiger partial charge in [0.2, 0.25) is 0 Å². The molecule has 1 heterocycles. The molecule has 6 heteroatoms. The molecule has 1 aliphatic rings. The van der Waals surface area contributed by atoms with Gasteiger partial charge in [-0.1, -0.05) is 11.6 Å². The molecule has 19 heavy (non-hydrogen) atoms. The summed E-state index contributed by atoms with van der Waals surface area (Å²) in [5.41, 5.74) is 0.142. The molecule has 0 amide bonds. The van der Waals surface area contributed by atoms with Crippen molar-refractivity contribution in [1.82, 2.24) is 4.98 Å². The lowest BCUT2D eigenvalue weighted by molar-refractivity contribution is 0.0696. The van der Waals surface area contributed by atoms with Gasteiger partial charge in [-0.15, -0.1) is 0 Å². The second-order valence-electron chi connectivity index (χ2n) is 4.70. The Bertz CT molecular complexity index is 463. The first-order valence-corrected chi connectivity index (χ1v) is 6.78. The van der Waals surface area contributed by atoms with E-state index in [2.05, 4.69) is 9.88 Å². The maximum absolute atomic E-state index is 11.1. The van der Waals surface area contributed by atoms with Crippen LogP contribution in [0.2, 0.25) is 5.15 Å². The zero-order chi connectivity index (χ0) is 13.8. The van der Waals surface area contributed by atoms with Crippen molar-refractivity contribution in [1.29, 1.82) is 0 Å². The quantitative estimate of drug-likeness (QED) is 0.783. The number of carbonyl (C=O) groups is 1. The fraction of sp³-hybridized carbons (Fsp3) is 0.538. The fourth-order valence-corrected chi connectivity index (χ4v) is 2.38. The highest BCUT2D eigenvalue weighted by Gasteiger charge is 2.26. The van der Waals surface area contributed by atoms with Crippen molar-refractivity contribution < 1.29 is 15.0 Å². The molecule has 1 aromatic rings. The van der Waals surface area contributed by atoms with Crippen LogP contribution in [0.25, 0.3) is 0 Å². The van der Waals surface area contributed by atoms with Crippen LogP contribution < -0.4 is 4.90 Å². The van der Waals surface area contributed by atoms with Crippen LogP contribution in [0.1, 0.15) is 36.0 Å². The molecule has 1 aliphatic carbocycles. The summed E-state index contributed by atoms with van der Waals surface area (Å²) in [7, 11) is 0. The summed E-state index contributed by atoms with van der Waals surface area (Å²) in [6.07, 6.45) is 3.95. The van der Waals surface area contributed by atoms with Gasteiger partial charge < -0.3 is 15.1 Å². The molecular formula is C13H17ClN2O3. The molecule has 0 radical (unpaired) electrons. The standard InChI is InChI=1S/C13H17ClN2O3/c14-11-7-9(13(18)19)8-12(15-11)16(5-2-6-17)10-3-1-4-10/h7-8,10,17H,1-6H2,(H,18,19). The van der Waals surface area contributed by atoms with Crippen molar-refractivity contribution in [3.63, 3.8) is 0 Å². The molecule has 0 aromatic carbocycles. The lowest BCUT2D eigenvalue weighted by Gasteiger charge is -2.38. The maximum atomic E-state index is 11.1. The van der Waals surface area contributed by atoms with E-state index in [0.29, 0.717) is 24.8 Å². The zero-order valence-corrected chi connectivity index (χ0v) is 11.3. The van der Waals surface area contributed by atoms with Crippen LogP contribution >= 0.6 is 11.6 Å². The molecule has 104 valence electrons. The average molecular weight is 285 g/mol. The van der Waals surface area contributed by atoms with Crippen molar-refractivity contribution in [3.8, 4) is 0 Å². The number of halogens is 1. The van der Waals surface area contributed by atoms with Crippen molar-refractivity contribution in [3.05, 3.63) is 22.8 Å². The molecule has 0 bridgehead atoms. The van der Waals surface area contributed by atoms with E-state index in [1.54, 1.807) is 6.07 Å². The Morgan fingerprint density at radius 1 is 1.47 bits per heavy atom. The summed E-state index contributed by atoms with van der Waals surface area (Å²) in [4.78, 5) is 17.3. The number of aliphatic hydroxyl groups is 1. The van der Waals surface area contributed by atoms with Crippen LogP contribution in [0, 0.1) is 0 Å². The highest BCUT2D eigenvalue weighted by Crippen LogP contribution is 2.30. The van der Waals surface area contributed by atoms with Gasteiger partial charge in [0, 0.05) is 19.2 Å². The molecule has 5 nitrogen and oxygen atoms in total. The van der Waals surface area contributed by atoms with Gasteiger partial charge in [0.1, 0.15) is 11.0 Å². The summed E-state index contributed by atoms with van der Waals surface area (Å²) in [5, 5.41) is 18.2. The normalized spacial score (nSPS) is 15.1. The third-order valence-corrected chi connectivity index (χ3v) is 3.59. The predicted molar refractivity (Wildman–Crippen MR) is 72.9 cm³/mol. The first kappa shape index (κ1) is 14.1. The number of aromatic carboxylic acids is 1. The van der Waals surface area contributed by atoms with Crippen molar-refractivity contribution >= 4 is 23.4 Å². The third kappa shape index (κ3) is 3.36. The number of pyridine rings is 1. The minimum Gasteiger partial charge on any atom is -0.478 e. The van der Waals surface area contributed by atoms with E-state index in [-0.39, 0.29) is 17.3 Å². The summed E-state index contributed by atoms with van der Waals surface area (Å²) < 4.78 is 0. The van der Waals surface area contributed by atoms with E-state index >= 15 is 0 Å². The Kier molecular flexibility index (Phi) is 4.61. The summed E-state index contributed by atoms with van der Waals surface area (Å²) >= 11 is 5.89. The molecule has 0 unspecified atom stereocenters. The molecule has 0 spiro atoms. The van der Waals surface area contributed by atoms with Crippen LogP contribution in [-0.4, -0.2) is 40.4 Å². The molecule has 0 saturated heterocycles. The second-order valence-corrected chi connectivity index (χ2v) is 5.08. The van der Waals surface area contributed by atoms with Crippen LogP contribution in [0.3, 0.4) is 0 Å². The fourth-order valence-electron chi connectivity index (χ4n) is 2.18. The molecule has 1 fully saturated rings. The highest BCUT2D eigenvalue weighted by molar-refractivity contribution is 6.29. The molecule has 2 rings (SSSR count). The predicted octanol–water partition coefficient (Wildman–Crippen LogP) is 2.17. The Morgan fingerprint density at radius 2 is 2.21 bits per heavy atom. The smallest absolute Gasteiger partial charge is 0.335 e. The van der Waals surface area contributed by atoms with Gasteiger partial charge in [-0.25, -0.2) is 9.78 Å². The van der Waals surface area contributed by atoms with E-state index in [1.165, 1.54) is 12.5 Å². The first-order chi connectivity index (χ1) is 9.11. The van der Waals surface area contributed by atoms with Crippen molar-refractivity contribution in [2.75, 3.05) is 18.1 Å². The van der Waals surface area contributed by atoms with Crippen LogP contribution in [0.4, 0.5) is 5.82 Å². The largest absolute Gasteiger partial charge is 0.478 e. The Hall–Kier alpha value is -1.33. The minimum atomic E-state index is -1.01. The lowest BCUT2D eigenvalue weighted by atomic mass is 9.91. The number of anilines is 1. The lowest BCUT2D eigenvalue weighted by Crippen LogP contribution is -2.41. The Labute approximate surface area is 116 Å². The highest BCUT2D eigenvalue weighted by atomic mass is 35.5.